The first kappa shape index (κ1) is 12.6. The zero-order chi connectivity index (χ0) is 9.19. The molecule has 0 radical (unpaired) electrons. The van der Waals surface area contributed by atoms with Gasteiger partial charge in [-0.1, -0.05) is 17.7 Å². The molecule has 1 aromatic rings. The number of ether oxygens (including phenoxy) is 1. The van der Waals surface area contributed by atoms with Crippen LogP contribution in [0.15, 0.2) is 24.3 Å². The molecule has 0 aliphatic heterocycles. The van der Waals surface area contributed by atoms with Gasteiger partial charge in [-0.05, 0) is 19.1 Å². The van der Waals surface area contributed by atoms with Crippen molar-refractivity contribution in [2.45, 2.75) is 13.3 Å². The summed E-state index contributed by atoms with van der Waals surface area (Å²) < 4.78 is 38.5. The van der Waals surface area contributed by atoms with Crippen molar-refractivity contribution >= 4 is 23.1 Å². The van der Waals surface area contributed by atoms with Gasteiger partial charge in [0, 0.05) is 0 Å². The fraction of sp³-hybridized carbons (Fsp3) is 0.250. The van der Waals surface area contributed by atoms with Gasteiger partial charge in [-0.15, -0.1) is 13.2 Å². The summed E-state index contributed by atoms with van der Waals surface area (Å²) in [5.41, 5.74) is 0.893. The van der Waals surface area contributed by atoms with Gasteiger partial charge in [0.1, 0.15) is 5.75 Å². The number of hydrogen-bond acceptors (Lipinski definition) is 1. The Labute approximate surface area is 93.0 Å². The fourth-order valence-electron chi connectivity index (χ4n) is 0.740. The summed E-state index contributed by atoms with van der Waals surface area (Å²) in [5.74, 6) is -0.187. The van der Waals surface area contributed by atoms with Crippen LogP contribution in [0.1, 0.15) is 8.42 Å². The number of alkyl halides is 3. The Morgan fingerprint density at radius 1 is 1.15 bits per heavy atom. The van der Waals surface area contributed by atoms with E-state index in [-0.39, 0.29) is 31.7 Å². The Morgan fingerprint density at radius 2 is 1.62 bits per heavy atom. The predicted molar refractivity (Wildman–Crippen MR) is 45.8 cm³/mol. The van der Waals surface area contributed by atoms with E-state index in [1.54, 1.807) is 19.1 Å². The molecule has 0 saturated carbocycles. The van der Waals surface area contributed by atoms with E-state index >= 15 is 0 Å². The molecule has 0 fully saturated rings. The van der Waals surface area contributed by atoms with Crippen molar-refractivity contribution in [3.8, 4) is 5.75 Å². The molecule has 13 heavy (non-hydrogen) atoms. The van der Waals surface area contributed by atoms with Crippen molar-refractivity contribution in [1.82, 2.24) is 0 Å². The molecule has 1 aromatic carbocycles. The van der Waals surface area contributed by atoms with Gasteiger partial charge in [0.2, 0.25) is 0 Å². The largest absolute Gasteiger partial charge is 2.00 e. The van der Waals surface area contributed by atoms with E-state index in [1.165, 1.54) is 12.1 Å². The predicted octanol–water partition coefficient (Wildman–Crippen LogP) is 2.74. The number of hydrogen-bond donors (Lipinski definition) is 0. The van der Waals surface area contributed by atoms with Crippen LogP contribution in [0.2, 0.25) is 0 Å². The number of rotatable bonds is 1. The number of aryl methyl sites for hydroxylation is 1. The zero-order valence-corrected chi connectivity index (χ0v) is 8.47. The molecule has 0 spiro atoms. The van der Waals surface area contributed by atoms with Gasteiger partial charge in [0.25, 0.3) is 0 Å². The molecular weight excluding hydrogens is 193 g/mol. The molecule has 1 rings (SSSR count). The van der Waals surface area contributed by atoms with Crippen molar-refractivity contribution in [3.05, 3.63) is 29.8 Å². The van der Waals surface area contributed by atoms with E-state index in [0.717, 1.165) is 5.56 Å². The third kappa shape index (κ3) is 5.00. The molecule has 0 saturated heterocycles. The molecule has 0 aliphatic carbocycles. The first-order valence-electron chi connectivity index (χ1n) is 3.30. The Kier molecular flexibility index (Phi) is 4.56. The first-order valence-corrected chi connectivity index (χ1v) is 3.30. The van der Waals surface area contributed by atoms with Gasteiger partial charge in [0.05, 0.1) is 0 Å². The second kappa shape index (κ2) is 4.71. The third-order valence-electron chi connectivity index (χ3n) is 1.25. The molecule has 0 bridgehead atoms. The maximum absolute atomic E-state index is 11.6. The van der Waals surface area contributed by atoms with E-state index in [9.17, 15) is 13.2 Å². The molecule has 5 heteroatoms. The normalized spacial score (nSPS) is 10.5. The topological polar surface area (TPSA) is 9.23 Å². The van der Waals surface area contributed by atoms with Crippen molar-refractivity contribution in [2.75, 3.05) is 0 Å². The Morgan fingerprint density at radius 3 is 2.00 bits per heavy atom. The van der Waals surface area contributed by atoms with Gasteiger partial charge >= 0.3 is 29.4 Å². The quantitative estimate of drug-likeness (QED) is 0.636. The monoisotopic (exact) mass is 202 g/mol. The minimum atomic E-state index is -4.60. The van der Waals surface area contributed by atoms with Crippen LogP contribution in [0.3, 0.4) is 0 Å². The third-order valence-corrected chi connectivity index (χ3v) is 1.25. The van der Waals surface area contributed by atoms with Gasteiger partial charge in [-0.3, -0.25) is 0 Å². The zero-order valence-electron chi connectivity index (χ0n) is 9.06. The summed E-state index contributed by atoms with van der Waals surface area (Å²) in [4.78, 5) is 0. The maximum atomic E-state index is 11.6. The van der Waals surface area contributed by atoms with Crippen LogP contribution in [-0.4, -0.2) is 29.4 Å². The SMILES string of the molecule is Cc1ccc(OC(F)(F)F)cc1.[H-].[H-].[Mg+2]. The summed E-state index contributed by atoms with van der Waals surface area (Å²) in [6, 6.07) is 5.67. The van der Waals surface area contributed by atoms with Crippen molar-refractivity contribution < 1.29 is 20.8 Å². The smallest absolute Gasteiger partial charge is 1.00 e. The minimum Gasteiger partial charge on any atom is -1.00 e. The number of halogens is 3. The van der Waals surface area contributed by atoms with E-state index < -0.39 is 6.36 Å². The molecule has 0 N–H and O–H groups in total. The molecule has 0 aromatic heterocycles. The van der Waals surface area contributed by atoms with E-state index in [4.69, 9.17) is 0 Å². The molecule has 0 unspecified atom stereocenters. The standard InChI is InChI=1S/C8H7F3O.Mg.2H/c1-6-2-4-7(5-3-6)12-8(9,10)11;;;/h2-5H,1H3;;;/q;+2;2*-1. The Balaban J connectivity index is -0.000000480. The van der Waals surface area contributed by atoms with Crippen LogP contribution in [-0.2, 0) is 0 Å². The first-order chi connectivity index (χ1) is 5.47. The second-order valence-corrected chi connectivity index (χ2v) is 2.36. The Bertz CT molecular complexity index is 264. The number of benzene rings is 1. The van der Waals surface area contributed by atoms with Crippen molar-refractivity contribution in [2.24, 2.45) is 0 Å². The molecule has 0 aliphatic rings. The summed E-state index contributed by atoms with van der Waals surface area (Å²) in [6.45, 7) is 1.79. The van der Waals surface area contributed by atoms with Gasteiger partial charge in [-0.25, -0.2) is 0 Å². The van der Waals surface area contributed by atoms with Gasteiger partial charge < -0.3 is 7.59 Å². The average molecular weight is 202 g/mol. The molecule has 70 valence electrons. The van der Waals surface area contributed by atoms with Crippen LogP contribution in [0.25, 0.3) is 0 Å². The molecular formula is C8H9F3MgO. The van der Waals surface area contributed by atoms with E-state index in [2.05, 4.69) is 4.74 Å². The van der Waals surface area contributed by atoms with Crippen molar-refractivity contribution in [1.29, 1.82) is 0 Å². The van der Waals surface area contributed by atoms with E-state index in [1.807, 2.05) is 0 Å². The second-order valence-electron chi connectivity index (χ2n) is 2.36. The average Bonchev–Trinajstić information content (AvgIpc) is 1.91. The van der Waals surface area contributed by atoms with Gasteiger partial charge in [0.15, 0.2) is 0 Å². The van der Waals surface area contributed by atoms with Crippen LogP contribution < -0.4 is 4.74 Å². The van der Waals surface area contributed by atoms with Crippen LogP contribution in [0, 0.1) is 6.92 Å². The molecule has 0 atom stereocenters. The summed E-state index contributed by atoms with van der Waals surface area (Å²) in [5, 5.41) is 0. The van der Waals surface area contributed by atoms with Crippen LogP contribution in [0.5, 0.6) is 5.75 Å². The van der Waals surface area contributed by atoms with Crippen LogP contribution >= 0.6 is 0 Å². The minimum absolute atomic E-state index is 0. The van der Waals surface area contributed by atoms with Gasteiger partial charge in [-0.2, -0.15) is 0 Å². The maximum Gasteiger partial charge on any atom is 2.00 e. The van der Waals surface area contributed by atoms with Crippen molar-refractivity contribution in [3.63, 3.8) is 0 Å². The van der Waals surface area contributed by atoms with E-state index in [0.29, 0.717) is 0 Å². The fourth-order valence-corrected chi connectivity index (χ4v) is 0.740. The summed E-state index contributed by atoms with van der Waals surface area (Å²) >= 11 is 0. The summed E-state index contributed by atoms with van der Waals surface area (Å²) in [6.07, 6.45) is -4.60. The van der Waals surface area contributed by atoms with Crippen LogP contribution in [0.4, 0.5) is 13.2 Å². The molecule has 1 nitrogen and oxygen atoms in total. The summed E-state index contributed by atoms with van der Waals surface area (Å²) in [7, 11) is 0. The molecule has 0 heterocycles. The Hall–Kier alpha value is -0.424. The molecule has 0 amide bonds.